The first-order valence-corrected chi connectivity index (χ1v) is 16.2. The van der Waals surface area contributed by atoms with Gasteiger partial charge in [0.15, 0.2) is 5.78 Å². The minimum Gasteiger partial charge on any atom is -0.478 e. The van der Waals surface area contributed by atoms with Crippen LogP contribution in [0.2, 0.25) is 0 Å². The number of carboxylic acid groups (broad SMARTS) is 1. The average Bonchev–Trinajstić information content (AvgIpc) is 3.54. The topological polar surface area (TPSA) is 60.9 Å². The standard InChI is InChI=1S/C40H46N2O3/c1-7-8-15-26-42-34-19-12-11-18-31(34)39(2,3)36(42)21-14-10-17-29-23-22-28(37(29)43)16-9-13-20-35-40(4,5)32-27-30(38(44)45)24-25-33(32)41(35)6/h9-14,16-21,24-25,27H,7-8,15,22-23,26H2,1-6H3,(H,44,45)/b13-9+,14-10+,28-16+,29-17+,35-20+,36-21+. The van der Waals surface area contributed by atoms with Gasteiger partial charge in [-0.15, -0.1) is 0 Å². The van der Waals surface area contributed by atoms with E-state index in [-0.39, 0.29) is 16.6 Å². The second-order valence-corrected chi connectivity index (χ2v) is 13.3. The molecular formula is C40H46N2O3. The zero-order chi connectivity index (χ0) is 32.4. The molecule has 45 heavy (non-hydrogen) atoms. The number of anilines is 2. The molecule has 0 radical (unpaired) electrons. The Kier molecular flexibility index (Phi) is 9.20. The van der Waals surface area contributed by atoms with Crippen LogP contribution in [0.5, 0.6) is 0 Å². The minimum atomic E-state index is -0.921. The van der Waals surface area contributed by atoms with Crippen LogP contribution in [0.25, 0.3) is 0 Å². The fourth-order valence-electron chi connectivity index (χ4n) is 7.03. The number of carbonyl (C=O) groups excluding carboxylic acids is 1. The van der Waals surface area contributed by atoms with Gasteiger partial charge in [-0.05, 0) is 66.8 Å². The molecule has 1 fully saturated rings. The van der Waals surface area contributed by atoms with Crippen LogP contribution < -0.4 is 9.80 Å². The van der Waals surface area contributed by atoms with E-state index in [0.29, 0.717) is 5.56 Å². The lowest BCUT2D eigenvalue weighted by molar-refractivity contribution is -0.111. The van der Waals surface area contributed by atoms with Gasteiger partial charge in [-0.3, -0.25) is 4.79 Å². The Labute approximate surface area is 268 Å². The average molecular weight is 603 g/mol. The molecule has 0 unspecified atom stereocenters. The number of fused-ring (bicyclic) bond motifs is 2. The molecule has 5 rings (SSSR count). The van der Waals surface area contributed by atoms with E-state index in [0.717, 1.165) is 53.9 Å². The van der Waals surface area contributed by atoms with Crippen LogP contribution in [-0.4, -0.2) is 30.5 Å². The van der Waals surface area contributed by atoms with Crippen molar-refractivity contribution >= 4 is 23.1 Å². The predicted molar refractivity (Wildman–Crippen MR) is 186 cm³/mol. The number of benzene rings is 2. The zero-order valence-corrected chi connectivity index (χ0v) is 27.6. The van der Waals surface area contributed by atoms with Crippen LogP contribution in [0.4, 0.5) is 11.4 Å². The number of aromatic carboxylic acids is 1. The molecule has 2 aromatic rings. The maximum Gasteiger partial charge on any atom is 0.335 e. The molecule has 0 amide bonds. The summed E-state index contributed by atoms with van der Waals surface area (Å²) in [6, 6.07) is 14.0. The molecule has 0 atom stereocenters. The third kappa shape index (κ3) is 6.13. The van der Waals surface area contributed by atoms with Crippen LogP contribution in [0.1, 0.15) is 88.2 Å². The predicted octanol–water partition coefficient (Wildman–Crippen LogP) is 9.20. The van der Waals surface area contributed by atoms with Crippen molar-refractivity contribution < 1.29 is 14.7 Å². The van der Waals surface area contributed by atoms with Crippen molar-refractivity contribution in [3.63, 3.8) is 0 Å². The molecule has 0 aromatic heterocycles. The first-order chi connectivity index (χ1) is 21.5. The van der Waals surface area contributed by atoms with Crippen LogP contribution in [-0.2, 0) is 15.6 Å². The van der Waals surface area contributed by atoms with Crippen molar-refractivity contribution in [3.8, 4) is 0 Å². The highest BCUT2D eigenvalue weighted by molar-refractivity contribution is 6.11. The fraction of sp³-hybridized carbons (Fsp3) is 0.350. The fourth-order valence-corrected chi connectivity index (χ4v) is 7.03. The zero-order valence-electron chi connectivity index (χ0n) is 27.6. The van der Waals surface area contributed by atoms with Crippen LogP contribution in [0, 0.1) is 0 Å². The van der Waals surface area contributed by atoms with Gasteiger partial charge in [0.05, 0.1) is 5.56 Å². The van der Waals surface area contributed by atoms with Gasteiger partial charge in [0.2, 0.25) is 0 Å². The number of rotatable bonds is 9. The maximum atomic E-state index is 13.1. The van der Waals surface area contributed by atoms with Crippen LogP contribution >= 0.6 is 0 Å². The molecule has 3 aliphatic rings. The van der Waals surface area contributed by atoms with Gasteiger partial charge < -0.3 is 14.9 Å². The molecule has 1 aliphatic carbocycles. The summed E-state index contributed by atoms with van der Waals surface area (Å²) in [6.07, 6.45) is 21.2. The lowest BCUT2D eigenvalue weighted by Gasteiger charge is -2.27. The van der Waals surface area contributed by atoms with E-state index >= 15 is 0 Å². The highest BCUT2D eigenvalue weighted by atomic mass is 16.4. The monoisotopic (exact) mass is 602 g/mol. The van der Waals surface area contributed by atoms with Crippen LogP contribution in [0.15, 0.2) is 114 Å². The summed E-state index contributed by atoms with van der Waals surface area (Å²) in [4.78, 5) is 29.2. The summed E-state index contributed by atoms with van der Waals surface area (Å²) in [6.45, 7) is 12.1. The number of likely N-dealkylation sites (N-methyl/N-ethyl adjacent to an activating group) is 1. The van der Waals surface area contributed by atoms with Gasteiger partial charge in [0.1, 0.15) is 0 Å². The first-order valence-electron chi connectivity index (χ1n) is 16.2. The molecule has 2 heterocycles. The van der Waals surface area contributed by atoms with Crippen molar-refractivity contribution in [2.75, 3.05) is 23.4 Å². The molecule has 0 bridgehead atoms. The minimum absolute atomic E-state index is 0.0757. The van der Waals surface area contributed by atoms with E-state index in [9.17, 15) is 14.7 Å². The van der Waals surface area contributed by atoms with Gasteiger partial charge in [-0.1, -0.05) is 102 Å². The van der Waals surface area contributed by atoms with Crippen molar-refractivity contribution in [3.05, 3.63) is 130 Å². The van der Waals surface area contributed by atoms with E-state index in [1.165, 1.54) is 29.8 Å². The summed E-state index contributed by atoms with van der Waals surface area (Å²) in [5.74, 6) is -0.804. The lowest BCUT2D eigenvalue weighted by atomic mass is 9.83. The number of para-hydroxylation sites is 1. The first kappa shape index (κ1) is 32.0. The largest absolute Gasteiger partial charge is 0.478 e. The maximum absolute atomic E-state index is 13.1. The second-order valence-electron chi connectivity index (χ2n) is 13.3. The van der Waals surface area contributed by atoms with Gasteiger partial charge >= 0.3 is 5.97 Å². The molecule has 1 saturated carbocycles. The smallest absolute Gasteiger partial charge is 0.335 e. The van der Waals surface area contributed by atoms with Gasteiger partial charge in [0, 0.05) is 58.3 Å². The molecule has 5 nitrogen and oxygen atoms in total. The Morgan fingerprint density at radius 2 is 1.40 bits per heavy atom. The summed E-state index contributed by atoms with van der Waals surface area (Å²) in [5.41, 5.74) is 8.61. The van der Waals surface area contributed by atoms with Gasteiger partial charge in [-0.2, -0.15) is 0 Å². The molecular weight excluding hydrogens is 556 g/mol. The molecule has 2 aliphatic heterocycles. The molecule has 0 spiro atoms. The van der Waals surface area contributed by atoms with Gasteiger partial charge in [0.25, 0.3) is 0 Å². The Bertz CT molecular complexity index is 1680. The number of unbranched alkanes of at least 4 members (excludes halogenated alkanes) is 2. The van der Waals surface area contributed by atoms with E-state index < -0.39 is 5.97 Å². The Morgan fingerprint density at radius 3 is 2.04 bits per heavy atom. The summed E-state index contributed by atoms with van der Waals surface area (Å²) >= 11 is 0. The van der Waals surface area contributed by atoms with Crippen molar-refractivity contribution in [2.24, 2.45) is 0 Å². The molecule has 2 aromatic carbocycles. The van der Waals surface area contributed by atoms with Crippen LogP contribution in [0.3, 0.4) is 0 Å². The number of hydrogen-bond acceptors (Lipinski definition) is 4. The second kappa shape index (κ2) is 12.9. The number of hydrogen-bond donors (Lipinski definition) is 1. The summed E-state index contributed by atoms with van der Waals surface area (Å²) < 4.78 is 0. The van der Waals surface area contributed by atoms with E-state index in [2.05, 4.69) is 86.9 Å². The number of allylic oxidation sites excluding steroid dienone is 12. The van der Waals surface area contributed by atoms with E-state index in [1.807, 2.05) is 43.5 Å². The molecule has 0 saturated heterocycles. The number of ketones is 1. The number of Topliss-reactive ketones (excluding diaryl/α,β-unsaturated/α-hetero) is 1. The number of carboxylic acids is 1. The lowest BCUT2D eigenvalue weighted by Crippen LogP contribution is -2.27. The molecule has 5 heteroatoms. The normalized spacial score (nSPS) is 22.2. The third-order valence-corrected chi connectivity index (χ3v) is 9.64. The summed E-state index contributed by atoms with van der Waals surface area (Å²) in [7, 11) is 2.00. The number of nitrogens with zero attached hydrogens (tertiary/aromatic N) is 2. The third-order valence-electron chi connectivity index (χ3n) is 9.64. The Morgan fingerprint density at radius 1 is 0.800 bits per heavy atom. The molecule has 1 N–H and O–H groups in total. The van der Waals surface area contributed by atoms with E-state index in [4.69, 9.17) is 0 Å². The van der Waals surface area contributed by atoms with Crippen molar-refractivity contribution in [2.45, 2.75) is 77.6 Å². The molecule has 234 valence electrons. The van der Waals surface area contributed by atoms with E-state index in [1.54, 1.807) is 12.1 Å². The Hall–Kier alpha value is -4.38. The summed E-state index contributed by atoms with van der Waals surface area (Å²) in [5, 5.41) is 9.45. The van der Waals surface area contributed by atoms with Crippen molar-refractivity contribution in [1.82, 2.24) is 0 Å². The quantitative estimate of drug-likeness (QED) is 0.229. The Balaban J connectivity index is 1.27. The SMILES string of the molecule is CCCCCN1/C(=C/C=C/C=C2\CC\C(=C/C=C/C=C3/N(C)c4ccc(C(=O)O)cc4C3(C)C)C2=O)C(C)(C)c2ccccc21. The highest BCUT2D eigenvalue weighted by Crippen LogP contribution is 2.48. The van der Waals surface area contributed by atoms with Crippen molar-refractivity contribution in [1.29, 1.82) is 0 Å². The highest BCUT2D eigenvalue weighted by Gasteiger charge is 2.40. The number of carbonyl (C=O) groups is 2. The van der Waals surface area contributed by atoms with Gasteiger partial charge in [-0.25, -0.2) is 4.79 Å².